The largest absolute Gasteiger partial charge is 0.301 e. The molecule has 0 unspecified atom stereocenters. The van der Waals surface area contributed by atoms with Gasteiger partial charge in [-0.3, -0.25) is 4.90 Å². The van der Waals surface area contributed by atoms with E-state index in [1.165, 1.54) is 51.9 Å². The Labute approximate surface area is 144 Å². The van der Waals surface area contributed by atoms with Crippen LogP contribution in [0.25, 0.3) is 0 Å². The van der Waals surface area contributed by atoms with Gasteiger partial charge < -0.3 is 4.90 Å². The van der Waals surface area contributed by atoms with Crippen LogP contribution in [0.4, 0.5) is 0 Å². The highest BCUT2D eigenvalue weighted by atomic mass is 15.1. The normalized spacial score (nSPS) is 21.8. The average molecular weight is 315 g/mol. The summed E-state index contributed by atoms with van der Waals surface area (Å²) in [6.45, 7) is 14.9. The summed E-state index contributed by atoms with van der Waals surface area (Å²) in [6.07, 6.45) is 5.07. The fraction of sp³-hybridized carbons (Fsp3) is 0.810. The first-order chi connectivity index (χ1) is 11.1. The average Bonchev–Trinajstić information content (AvgIpc) is 2.55. The molecular formula is C21H34N2. The number of rotatable bonds is 3. The molecule has 0 aromatic heterocycles. The molecule has 0 saturated carbocycles. The zero-order chi connectivity index (χ0) is 16.7. The van der Waals surface area contributed by atoms with Crippen LogP contribution in [-0.4, -0.2) is 48.6 Å². The minimum absolute atomic E-state index is 0.557. The lowest BCUT2D eigenvalue weighted by molar-refractivity contribution is 0.167. The molecule has 2 heteroatoms. The molecule has 2 aliphatic rings. The Morgan fingerprint density at radius 2 is 1.52 bits per heavy atom. The van der Waals surface area contributed by atoms with Gasteiger partial charge in [-0.15, -0.1) is 0 Å². The lowest BCUT2D eigenvalue weighted by atomic mass is 9.87. The third-order valence-electron chi connectivity index (χ3n) is 5.56. The highest BCUT2D eigenvalue weighted by Gasteiger charge is 2.21. The van der Waals surface area contributed by atoms with Crippen molar-refractivity contribution in [2.75, 3.05) is 32.7 Å². The van der Waals surface area contributed by atoms with Crippen molar-refractivity contribution in [2.24, 2.45) is 17.8 Å². The fourth-order valence-corrected chi connectivity index (χ4v) is 3.67. The molecule has 0 aliphatic carbocycles. The molecule has 0 bridgehead atoms. The van der Waals surface area contributed by atoms with Gasteiger partial charge in [-0.2, -0.15) is 0 Å². The predicted octanol–water partition coefficient (Wildman–Crippen LogP) is 3.48. The zero-order valence-corrected chi connectivity index (χ0v) is 15.6. The van der Waals surface area contributed by atoms with E-state index in [9.17, 15) is 0 Å². The first kappa shape index (κ1) is 18.4. The summed E-state index contributed by atoms with van der Waals surface area (Å²) >= 11 is 0. The van der Waals surface area contributed by atoms with Gasteiger partial charge in [-0.25, -0.2) is 0 Å². The van der Waals surface area contributed by atoms with Gasteiger partial charge in [0.25, 0.3) is 0 Å². The molecule has 2 rings (SSSR count). The lowest BCUT2D eigenvalue weighted by Gasteiger charge is -2.32. The van der Waals surface area contributed by atoms with Gasteiger partial charge in [0, 0.05) is 12.0 Å². The maximum atomic E-state index is 3.37. The van der Waals surface area contributed by atoms with E-state index in [1.807, 2.05) is 0 Å². The number of hydrogen-bond acceptors (Lipinski definition) is 2. The number of nitrogens with zero attached hydrogens (tertiary/aromatic N) is 2. The van der Waals surface area contributed by atoms with E-state index in [2.05, 4.69) is 61.2 Å². The van der Waals surface area contributed by atoms with E-state index in [-0.39, 0.29) is 0 Å². The smallest absolute Gasteiger partial charge is 0.0611 e. The van der Waals surface area contributed by atoms with Crippen molar-refractivity contribution in [1.82, 2.24) is 9.80 Å². The van der Waals surface area contributed by atoms with E-state index in [0.29, 0.717) is 12.0 Å². The number of likely N-dealkylation sites (tertiary alicyclic amines) is 2. The maximum absolute atomic E-state index is 3.37. The van der Waals surface area contributed by atoms with Gasteiger partial charge in [0.1, 0.15) is 0 Å². The molecule has 2 aliphatic heterocycles. The quantitative estimate of drug-likeness (QED) is 0.736. The molecule has 0 radical (unpaired) electrons. The number of hydrogen-bond donors (Lipinski definition) is 0. The first-order valence-electron chi connectivity index (χ1n) is 9.51. The Bertz CT molecular complexity index is 456. The molecule has 2 heterocycles. The second-order valence-electron chi connectivity index (χ2n) is 7.83. The van der Waals surface area contributed by atoms with E-state index in [0.717, 1.165) is 18.4 Å². The maximum Gasteiger partial charge on any atom is 0.0611 e. The van der Waals surface area contributed by atoms with Gasteiger partial charge >= 0.3 is 0 Å². The molecule has 0 N–H and O–H groups in total. The Hall–Kier alpha value is -0.960. The van der Waals surface area contributed by atoms with Crippen LogP contribution >= 0.6 is 0 Å². The number of piperidine rings is 2. The monoisotopic (exact) mass is 314 g/mol. The van der Waals surface area contributed by atoms with Gasteiger partial charge in [0.15, 0.2) is 0 Å². The van der Waals surface area contributed by atoms with Crippen molar-refractivity contribution < 1.29 is 0 Å². The van der Waals surface area contributed by atoms with Gasteiger partial charge in [-0.05, 0) is 89.4 Å². The molecule has 23 heavy (non-hydrogen) atoms. The minimum atomic E-state index is 0.557. The summed E-state index contributed by atoms with van der Waals surface area (Å²) in [4.78, 5) is 5.03. The van der Waals surface area contributed by atoms with Gasteiger partial charge in [0.05, 0.1) is 6.54 Å². The SMILES string of the molecule is CC(C)C1CCN(CC#CC#CC2CCN(C(C)C)CC2)CC1. The van der Waals surface area contributed by atoms with Crippen molar-refractivity contribution in [1.29, 1.82) is 0 Å². The van der Waals surface area contributed by atoms with Crippen LogP contribution in [0.15, 0.2) is 0 Å². The van der Waals surface area contributed by atoms with Gasteiger partial charge in [-0.1, -0.05) is 25.7 Å². The van der Waals surface area contributed by atoms with Crippen LogP contribution in [0.3, 0.4) is 0 Å². The van der Waals surface area contributed by atoms with E-state index in [1.54, 1.807) is 0 Å². The van der Waals surface area contributed by atoms with E-state index in [4.69, 9.17) is 0 Å². The standard InChI is InChI=1S/C21H34N2/c1-18(2)21-11-14-22(15-12-21)13-7-5-6-8-20-9-16-23(17-10-20)19(3)4/h18-21H,9-17H2,1-4H3. The summed E-state index contributed by atoms with van der Waals surface area (Å²) in [5.74, 6) is 15.1. The van der Waals surface area contributed by atoms with Crippen LogP contribution in [0.1, 0.15) is 53.4 Å². The molecule has 2 saturated heterocycles. The molecule has 2 nitrogen and oxygen atoms in total. The zero-order valence-electron chi connectivity index (χ0n) is 15.6. The van der Waals surface area contributed by atoms with Crippen LogP contribution in [0, 0.1) is 41.4 Å². The van der Waals surface area contributed by atoms with Gasteiger partial charge in [0.2, 0.25) is 0 Å². The van der Waals surface area contributed by atoms with Crippen LogP contribution < -0.4 is 0 Å². The van der Waals surface area contributed by atoms with Crippen LogP contribution in [-0.2, 0) is 0 Å². The molecule has 0 aromatic carbocycles. The van der Waals surface area contributed by atoms with Crippen molar-refractivity contribution in [2.45, 2.75) is 59.4 Å². The van der Waals surface area contributed by atoms with Crippen molar-refractivity contribution in [3.63, 3.8) is 0 Å². The van der Waals surface area contributed by atoms with Crippen LogP contribution in [0.2, 0.25) is 0 Å². The van der Waals surface area contributed by atoms with Crippen LogP contribution in [0.5, 0.6) is 0 Å². The molecule has 128 valence electrons. The predicted molar refractivity (Wildman–Crippen MR) is 99.0 cm³/mol. The van der Waals surface area contributed by atoms with Crippen molar-refractivity contribution >= 4 is 0 Å². The second kappa shape index (κ2) is 9.36. The molecule has 0 aromatic rings. The summed E-state index contributed by atoms with van der Waals surface area (Å²) < 4.78 is 0. The lowest BCUT2D eigenvalue weighted by Crippen LogP contribution is -2.38. The second-order valence-corrected chi connectivity index (χ2v) is 7.83. The molecule has 0 amide bonds. The Kier molecular flexibility index (Phi) is 7.48. The molecule has 0 atom stereocenters. The molecular weight excluding hydrogens is 280 g/mol. The third kappa shape index (κ3) is 6.21. The first-order valence-corrected chi connectivity index (χ1v) is 9.51. The summed E-state index contributed by atoms with van der Waals surface area (Å²) in [6, 6.07) is 0.670. The fourth-order valence-electron chi connectivity index (χ4n) is 3.67. The van der Waals surface area contributed by atoms with Crippen molar-refractivity contribution in [3.8, 4) is 23.7 Å². The highest BCUT2D eigenvalue weighted by Crippen LogP contribution is 2.23. The molecule has 2 fully saturated rings. The Morgan fingerprint density at radius 1 is 0.870 bits per heavy atom. The Morgan fingerprint density at radius 3 is 2.09 bits per heavy atom. The minimum Gasteiger partial charge on any atom is -0.301 e. The Balaban J connectivity index is 1.65. The summed E-state index contributed by atoms with van der Waals surface area (Å²) in [5.41, 5.74) is 0. The molecule has 0 spiro atoms. The summed E-state index contributed by atoms with van der Waals surface area (Å²) in [5, 5.41) is 0. The highest BCUT2D eigenvalue weighted by molar-refractivity contribution is 5.27. The van der Waals surface area contributed by atoms with E-state index < -0.39 is 0 Å². The van der Waals surface area contributed by atoms with E-state index >= 15 is 0 Å². The van der Waals surface area contributed by atoms with Crippen molar-refractivity contribution in [3.05, 3.63) is 0 Å². The topological polar surface area (TPSA) is 6.48 Å². The third-order valence-corrected chi connectivity index (χ3v) is 5.56. The summed E-state index contributed by atoms with van der Waals surface area (Å²) in [7, 11) is 0.